The van der Waals surface area contributed by atoms with Crippen LogP contribution in [0.4, 0.5) is 8.78 Å². The standard InChI is InChI=1S/C31H40F2O/c1-3-21-16-26-13-14-27(18-28(26)17-21)25-11-9-24(10-12-25)23-7-5-22(6-8-23)19-34-29-15-4-20(2)30(32)31(29)33/h4,13-15,18,21-25H,3,5-12,16-17,19H2,1-2H3. The molecule has 3 aliphatic rings. The zero-order valence-corrected chi connectivity index (χ0v) is 20.9. The summed E-state index contributed by atoms with van der Waals surface area (Å²) in [5.74, 6) is 2.17. The van der Waals surface area contributed by atoms with Crippen molar-refractivity contribution in [1.29, 1.82) is 0 Å². The molecule has 34 heavy (non-hydrogen) atoms. The zero-order chi connectivity index (χ0) is 23.7. The van der Waals surface area contributed by atoms with Crippen molar-refractivity contribution in [3.63, 3.8) is 0 Å². The van der Waals surface area contributed by atoms with Crippen LogP contribution < -0.4 is 4.74 Å². The van der Waals surface area contributed by atoms with Crippen LogP contribution in [0.25, 0.3) is 0 Å². The van der Waals surface area contributed by atoms with Gasteiger partial charge in [0.05, 0.1) is 6.61 Å². The molecular weight excluding hydrogens is 426 g/mol. The summed E-state index contributed by atoms with van der Waals surface area (Å²) in [5, 5.41) is 0. The minimum absolute atomic E-state index is 0.0558. The second-order valence-corrected chi connectivity index (χ2v) is 11.4. The highest BCUT2D eigenvalue weighted by Gasteiger charge is 2.32. The van der Waals surface area contributed by atoms with E-state index in [4.69, 9.17) is 4.74 Å². The summed E-state index contributed by atoms with van der Waals surface area (Å²) in [6.07, 6.45) is 14.0. The van der Waals surface area contributed by atoms with Crippen molar-refractivity contribution in [2.45, 2.75) is 90.4 Å². The van der Waals surface area contributed by atoms with Gasteiger partial charge in [0.25, 0.3) is 0 Å². The fourth-order valence-corrected chi connectivity index (χ4v) is 6.97. The van der Waals surface area contributed by atoms with E-state index in [1.807, 2.05) is 0 Å². The average Bonchev–Trinajstić information content (AvgIpc) is 3.30. The van der Waals surface area contributed by atoms with Crippen LogP contribution >= 0.6 is 0 Å². The molecule has 0 saturated heterocycles. The fourth-order valence-electron chi connectivity index (χ4n) is 6.97. The summed E-state index contributed by atoms with van der Waals surface area (Å²) < 4.78 is 33.5. The van der Waals surface area contributed by atoms with Crippen LogP contribution in [-0.4, -0.2) is 6.61 Å². The maximum Gasteiger partial charge on any atom is 0.200 e. The van der Waals surface area contributed by atoms with Gasteiger partial charge in [0.15, 0.2) is 11.6 Å². The predicted molar refractivity (Wildman–Crippen MR) is 134 cm³/mol. The molecule has 0 amide bonds. The lowest BCUT2D eigenvalue weighted by atomic mass is 9.68. The Hall–Kier alpha value is -1.90. The molecule has 2 saturated carbocycles. The number of aryl methyl sites for hydroxylation is 1. The first kappa shape index (κ1) is 23.8. The molecule has 0 radical (unpaired) electrons. The minimum Gasteiger partial charge on any atom is -0.490 e. The van der Waals surface area contributed by atoms with Crippen LogP contribution in [0.2, 0.25) is 0 Å². The molecule has 0 heterocycles. The Labute approximate surface area is 204 Å². The van der Waals surface area contributed by atoms with E-state index in [2.05, 4.69) is 25.1 Å². The molecular formula is C31H40F2O. The Morgan fingerprint density at radius 1 is 0.765 bits per heavy atom. The number of hydrogen-bond acceptors (Lipinski definition) is 1. The van der Waals surface area contributed by atoms with E-state index in [0.717, 1.165) is 36.5 Å². The van der Waals surface area contributed by atoms with E-state index < -0.39 is 11.6 Å². The largest absolute Gasteiger partial charge is 0.490 e. The van der Waals surface area contributed by atoms with Gasteiger partial charge in [-0.1, -0.05) is 37.6 Å². The lowest BCUT2D eigenvalue weighted by molar-refractivity contribution is 0.129. The van der Waals surface area contributed by atoms with Crippen molar-refractivity contribution in [3.8, 4) is 5.75 Å². The van der Waals surface area contributed by atoms with Gasteiger partial charge in [0.2, 0.25) is 5.82 Å². The maximum atomic E-state index is 14.1. The number of rotatable bonds is 6. The number of hydrogen-bond donors (Lipinski definition) is 0. The van der Waals surface area contributed by atoms with Crippen LogP contribution in [0.1, 0.15) is 92.9 Å². The lowest BCUT2D eigenvalue weighted by Gasteiger charge is -2.38. The van der Waals surface area contributed by atoms with Crippen LogP contribution in [-0.2, 0) is 12.8 Å². The number of fused-ring (bicyclic) bond motifs is 1. The van der Waals surface area contributed by atoms with Gasteiger partial charge >= 0.3 is 0 Å². The van der Waals surface area contributed by atoms with Gasteiger partial charge < -0.3 is 4.74 Å². The van der Waals surface area contributed by atoms with Crippen LogP contribution in [0.5, 0.6) is 5.75 Å². The quantitative estimate of drug-likeness (QED) is 0.414. The van der Waals surface area contributed by atoms with Gasteiger partial charge in [-0.3, -0.25) is 0 Å². The third-order valence-electron chi connectivity index (χ3n) is 9.34. The second kappa shape index (κ2) is 10.4. The molecule has 2 aromatic rings. The third-order valence-corrected chi connectivity index (χ3v) is 9.34. The van der Waals surface area contributed by atoms with Crippen molar-refractivity contribution in [2.75, 3.05) is 6.61 Å². The van der Waals surface area contributed by atoms with E-state index >= 15 is 0 Å². The SMILES string of the molecule is CCC1Cc2ccc(C3CCC(C4CCC(COc5ccc(C)c(F)c5F)CC4)CC3)cc2C1. The van der Waals surface area contributed by atoms with Crippen molar-refractivity contribution < 1.29 is 13.5 Å². The number of halogens is 2. The summed E-state index contributed by atoms with van der Waals surface area (Å²) >= 11 is 0. The highest BCUT2D eigenvalue weighted by atomic mass is 19.2. The highest BCUT2D eigenvalue weighted by Crippen LogP contribution is 2.44. The lowest BCUT2D eigenvalue weighted by Crippen LogP contribution is -2.27. The monoisotopic (exact) mass is 466 g/mol. The van der Waals surface area contributed by atoms with E-state index in [0.29, 0.717) is 18.1 Å². The zero-order valence-electron chi connectivity index (χ0n) is 20.9. The smallest absolute Gasteiger partial charge is 0.200 e. The summed E-state index contributed by atoms with van der Waals surface area (Å²) in [5.41, 5.74) is 5.14. The molecule has 5 rings (SSSR count). The molecule has 0 aromatic heterocycles. The van der Waals surface area contributed by atoms with Crippen molar-refractivity contribution in [1.82, 2.24) is 0 Å². The van der Waals surface area contributed by atoms with Gasteiger partial charge in [-0.15, -0.1) is 0 Å². The van der Waals surface area contributed by atoms with E-state index in [1.54, 1.807) is 35.7 Å². The maximum absolute atomic E-state index is 14.1. The summed E-state index contributed by atoms with van der Waals surface area (Å²) in [4.78, 5) is 0. The van der Waals surface area contributed by atoms with Crippen LogP contribution in [0.15, 0.2) is 30.3 Å². The molecule has 0 aliphatic heterocycles. The molecule has 0 N–H and O–H groups in total. The Kier molecular flexibility index (Phi) is 7.27. The Balaban J connectivity index is 1.07. The predicted octanol–water partition coefficient (Wildman–Crippen LogP) is 8.56. The van der Waals surface area contributed by atoms with Gasteiger partial charge in [-0.2, -0.15) is 4.39 Å². The second-order valence-electron chi connectivity index (χ2n) is 11.4. The minimum atomic E-state index is -0.848. The fraction of sp³-hybridized carbons (Fsp3) is 0.613. The highest BCUT2D eigenvalue weighted by molar-refractivity contribution is 5.37. The molecule has 1 nitrogen and oxygen atoms in total. The Morgan fingerprint density at radius 2 is 1.44 bits per heavy atom. The summed E-state index contributed by atoms with van der Waals surface area (Å²) in [7, 11) is 0. The first-order chi connectivity index (χ1) is 16.5. The van der Waals surface area contributed by atoms with Crippen molar-refractivity contribution in [2.24, 2.45) is 23.7 Å². The molecule has 0 spiro atoms. The first-order valence-electron chi connectivity index (χ1n) is 13.7. The number of ether oxygens (including phenoxy) is 1. The third kappa shape index (κ3) is 5.04. The topological polar surface area (TPSA) is 9.23 Å². The molecule has 2 fully saturated rings. The molecule has 2 aromatic carbocycles. The van der Waals surface area contributed by atoms with Gasteiger partial charge in [0, 0.05) is 0 Å². The first-order valence-corrected chi connectivity index (χ1v) is 13.7. The van der Waals surface area contributed by atoms with Gasteiger partial charge in [-0.05, 0) is 129 Å². The Bertz CT molecular complexity index is 983. The van der Waals surface area contributed by atoms with Crippen molar-refractivity contribution in [3.05, 3.63) is 64.2 Å². The molecule has 1 atom stereocenters. The summed E-state index contributed by atoms with van der Waals surface area (Å²) in [6.45, 7) is 4.39. The molecule has 1 unspecified atom stereocenters. The van der Waals surface area contributed by atoms with Gasteiger partial charge in [-0.25, -0.2) is 4.39 Å². The molecule has 3 heteroatoms. The van der Waals surface area contributed by atoms with E-state index in [1.165, 1.54) is 57.8 Å². The summed E-state index contributed by atoms with van der Waals surface area (Å²) in [6, 6.07) is 10.5. The van der Waals surface area contributed by atoms with E-state index in [9.17, 15) is 8.78 Å². The molecule has 184 valence electrons. The normalized spacial score (nSPS) is 29.1. The average molecular weight is 467 g/mol. The number of benzene rings is 2. The van der Waals surface area contributed by atoms with Gasteiger partial charge in [0.1, 0.15) is 0 Å². The molecule has 0 bridgehead atoms. The van der Waals surface area contributed by atoms with E-state index in [-0.39, 0.29) is 5.75 Å². The van der Waals surface area contributed by atoms with Crippen molar-refractivity contribution >= 4 is 0 Å². The Morgan fingerprint density at radius 3 is 2.15 bits per heavy atom. The van der Waals surface area contributed by atoms with Crippen LogP contribution in [0.3, 0.4) is 0 Å². The molecule has 3 aliphatic carbocycles. The van der Waals surface area contributed by atoms with Crippen LogP contribution in [0, 0.1) is 42.2 Å².